The molecule has 3 aromatic rings. The Bertz CT molecular complexity index is 814. The Morgan fingerprint density at radius 2 is 2.19 bits per heavy atom. The Hall–Kier alpha value is -2.74. The minimum Gasteiger partial charge on any atom is -0.367 e. The van der Waals surface area contributed by atoms with Crippen molar-refractivity contribution in [3.8, 4) is 21.7 Å². The molecule has 2 aromatic heterocycles. The highest BCUT2D eigenvalue weighted by molar-refractivity contribution is 7.13. The van der Waals surface area contributed by atoms with E-state index in [9.17, 15) is 14.5 Å². The number of nitro benzene ring substituents is 1. The third-order valence-corrected chi connectivity index (χ3v) is 3.79. The molecule has 0 spiro atoms. The molecule has 0 bridgehead atoms. The maximum atomic E-state index is 14.1. The number of aromatic nitrogens is 1. The lowest BCUT2D eigenvalue weighted by Gasteiger charge is -2.02. The summed E-state index contributed by atoms with van der Waals surface area (Å²) in [6.45, 7) is 0. The monoisotopic (exact) mass is 305 g/mol. The van der Waals surface area contributed by atoms with Crippen molar-refractivity contribution in [2.45, 2.75) is 0 Å². The van der Waals surface area contributed by atoms with Gasteiger partial charge in [-0.05, 0) is 17.5 Å². The van der Waals surface area contributed by atoms with Crippen molar-refractivity contribution in [2.24, 2.45) is 0 Å². The summed E-state index contributed by atoms with van der Waals surface area (Å²) >= 11 is 1.41. The van der Waals surface area contributed by atoms with Crippen molar-refractivity contribution in [3.05, 3.63) is 51.6 Å². The SMILES string of the molecule is Nc1onc(-c2ccc([N+](=O)[O-])cc2F)c1-c1cccs1. The molecule has 0 aliphatic rings. The molecular weight excluding hydrogens is 297 g/mol. The molecule has 0 unspecified atom stereocenters. The minimum atomic E-state index is -0.754. The van der Waals surface area contributed by atoms with E-state index in [4.69, 9.17) is 10.3 Å². The number of nitrogens with zero attached hydrogens (tertiary/aromatic N) is 2. The normalized spacial score (nSPS) is 10.7. The Morgan fingerprint density at radius 1 is 1.38 bits per heavy atom. The van der Waals surface area contributed by atoms with Crippen LogP contribution < -0.4 is 5.73 Å². The van der Waals surface area contributed by atoms with Crippen molar-refractivity contribution in [3.63, 3.8) is 0 Å². The van der Waals surface area contributed by atoms with E-state index in [0.29, 0.717) is 5.56 Å². The second-order valence-electron chi connectivity index (χ2n) is 4.17. The maximum Gasteiger partial charge on any atom is 0.272 e. The van der Waals surface area contributed by atoms with Crippen LogP contribution in [-0.2, 0) is 0 Å². The molecule has 21 heavy (non-hydrogen) atoms. The van der Waals surface area contributed by atoms with E-state index in [1.807, 2.05) is 11.4 Å². The van der Waals surface area contributed by atoms with E-state index in [1.54, 1.807) is 6.07 Å². The molecule has 6 nitrogen and oxygen atoms in total. The summed E-state index contributed by atoms with van der Waals surface area (Å²) in [4.78, 5) is 10.8. The zero-order chi connectivity index (χ0) is 15.0. The average molecular weight is 305 g/mol. The highest BCUT2D eigenvalue weighted by atomic mass is 32.1. The molecule has 0 aliphatic heterocycles. The number of hydrogen-bond acceptors (Lipinski definition) is 6. The van der Waals surface area contributed by atoms with Crippen LogP contribution >= 0.6 is 11.3 Å². The van der Waals surface area contributed by atoms with Gasteiger partial charge in [-0.1, -0.05) is 11.2 Å². The molecular formula is C13H8FN3O3S. The van der Waals surface area contributed by atoms with E-state index in [2.05, 4.69) is 5.16 Å². The molecule has 0 amide bonds. The van der Waals surface area contributed by atoms with Crippen LogP contribution in [0.4, 0.5) is 16.0 Å². The van der Waals surface area contributed by atoms with Crippen LogP contribution in [0.2, 0.25) is 0 Å². The van der Waals surface area contributed by atoms with Crippen LogP contribution in [0.1, 0.15) is 0 Å². The Labute approximate surface area is 121 Å². The fourth-order valence-corrected chi connectivity index (χ4v) is 2.73. The summed E-state index contributed by atoms with van der Waals surface area (Å²) in [6.07, 6.45) is 0. The molecule has 8 heteroatoms. The van der Waals surface area contributed by atoms with Crippen molar-refractivity contribution < 1.29 is 13.8 Å². The summed E-state index contributed by atoms with van der Waals surface area (Å²) in [5.74, 6) is -0.680. The lowest BCUT2D eigenvalue weighted by molar-refractivity contribution is -0.385. The lowest BCUT2D eigenvalue weighted by atomic mass is 10.1. The van der Waals surface area contributed by atoms with Crippen molar-refractivity contribution in [1.82, 2.24) is 5.16 Å². The van der Waals surface area contributed by atoms with Gasteiger partial charge in [0.1, 0.15) is 11.5 Å². The van der Waals surface area contributed by atoms with Gasteiger partial charge in [0.2, 0.25) is 5.88 Å². The van der Waals surface area contributed by atoms with Crippen LogP contribution in [0.25, 0.3) is 21.7 Å². The summed E-state index contributed by atoms with van der Waals surface area (Å²) in [6, 6.07) is 6.98. The molecule has 3 rings (SSSR count). The number of rotatable bonds is 3. The van der Waals surface area contributed by atoms with Crippen LogP contribution in [-0.4, -0.2) is 10.1 Å². The Morgan fingerprint density at radius 3 is 2.81 bits per heavy atom. The van der Waals surface area contributed by atoms with E-state index < -0.39 is 10.7 Å². The van der Waals surface area contributed by atoms with Gasteiger partial charge in [-0.2, -0.15) is 0 Å². The molecule has 1 aromatic carbocycles. The van der Waals surface area contributed by atoms with Gasteiger partial charge in [0.25, 0.3) is 5.69 Å². The first-order valence-corrected chi connectivity index (χ1v) is 6.69. The van der Waals surface area contributed by atoms with E-state index in [0.717, 1.165) is 10.9 Å². The fraction of sp³-hybridized carbons (Fsp3) is 0. The lowest BCUT2D eigenvalue weighted by Crippen LogP contribution is -1.92. The topological polar surface area (TPSA) is 95.2 Å². The number of nitro groups is 1. The average Bonchev–Trinajstić information content (AvgIpc) is 3.07. The molecule has 0 saturated heterocycles. The molecule has 0 radical (unpaired) electrons. The Balaban J connectivity index is 2.16. The number of anilines is 1. The van der Waals surface area contributed by atoms with Gasteiger partial charge < -0.3 is 10.3 Å². The van der Waals surface area contributed by atoms with Gasteiger partial charge in [0.05, 0.1) is 16.6 Å². The minimum absolute atomic E-state index is 0.0743. The molecule has 106 valence electrons. The van der Waals surface area contributed by atoms with Gasteiger partial charge >= 0.3 is 0 Å². The number of non-ortho nitro benzene ring substituents is 1. The van der Waals surface area contributed by atoms with E-state index in [1.165, 1.54) is 23.5 Å². The third-order valence-electron chi connectivity index (χ3n) is 2.90. The first-order valence-electron chi connectivity index (χ1n) is 5.81. The Kier molecular flexibility index (Phi) is 3.15. The van der Waals surface area contributed by atoms with E-state index in [-0.39, 0.29) is 22.8 Å². The first kappa shape index (κ1) is 13.3. The molecule has 2 N–H and O–H groups in total. The zero-order valence-corrected chi connectivity index (χ0v) is 11.3. The van der Waals surface area contributed by atoms with Crippen LogP contribution in [0.15, 0.2) is 40.2 Å². The summed E-state index contributed by atoms with van der Waals surface area (Å²) < 4.78 is 19.0. The van der Waals surface area contributed by atoms with Crippen LogP contribution in [0.5, 0.6) is 0 Å². The largest absolute Gasteiger partial charge is 0.367 e. The number of benzene rings is 1. The second kappa shape index (κ2) is 4.98. The fourth-order valence-electron chi connectivity index (χ4n) is 1.96. The molecule has 0 atom stereocenters. The summed E-state index contributed by atoms with van der Waals surface area (Å²) in [5.41, 5.74) is 6.23. The van der Waals surface area contributed by atoms with Gasteiger partial charge in [-0.15, -0.1) is 11.3 Å². The highest BCUT2D eigenvalue weighted by Gasteiger charge is 2.22. The van der Waals surface area contributed by atoms with Crippen molar-refractivity contribution >= 4 is 22.9 Å². The number of halogens is 1. The second-order valence-corrected chi connectivity index (χ2v) is 5.12. The van der Waals surface area contributed by atoms with Crippen LogP contribution in [0.3, 0.4) is 0 Å². The van der Waals surface area contributed by atoms with Crippen LogP contribution in [0, 0.1) is 15.9 Å². The van der Waals surface area contributed by atoms with E-state index >= 15 is 0 Å². The summed E-state index contributed by atoms with van der Waals surface area (Å²) in [5, 5.41) is 16.3. The predicted octanol–water partition coefficient (Wildman–Crippen LogP) is 3.70. The molecule has 0 aliphatic carbocycles. The smallest absolute Gasteiger partial charge is 0.272 e. The van der Waals surface area contributed by atoms with Gasteiger partial charge in [-0.25, -0.2) is 4.39 Å². The van der Waals surface area contributed by atoms with Gasteiger partial charge in [-0.3, -0.25) is 10.1 Å². The van der Waals surface area contributed by atoms with Gasteiger partial charge in [0.15, 0.2) is 0 Å². The number of hydrogen-bond donors (Lipinski definition) is 1. The molecule has 0 fully saturated rings. The standard InChI is InChI=1S/C13H8FN3O3S/c14-9-6-7(17(18)19)3-4-8(9)12-11(13(15)20-16-12)10-2-1-5-21-10/h1-6H,15H2. The summed E-state index contributed by atoms with van der Waals surface area (Å²) in [7, 11) is 0. The number of nitrogens with two attached hydrogens (primary N) is 1. The third kappa shape index (κ3) is 2.25. The highest BCUT2D eigenvalue weighted by Crippen LogP contribution is 2.39. The quantitative estimate of drug-likeness (QED) is 0.588. The molecule has 2 heterocycles. The maximum absolute atomic E-state index is 14.1. The van der Waals surface area contributed by atoms with Crippen molar-refractivity contribution in [1.29, 1.82) is 0 Å². The number of nitrogen functional groups attached to an aromatic ring is 1. The molecule has 0 saturated carbocycles. The predicted molar refractivity (Wildman–Crippen MR) is 76.3 cm³/mol. The number of thiophene rings is 1. The zero-order valence-electron chi connectivity index (χ0n) is 10.4. The van der Waals surface area contributed by atoms with Crippen molar-refractivity contribution in [2.75, 3.05) is 5.73 Å². The van der Waals surface area contributed by atoms with Gasteiger partial charge in [0, 0.05) is 16.5 Å². The first-order chi connectivity index (χ1) is 10.1.